The van der Waals surface area contributed by atoms with Gasteiger partial charge in [-0.2, -0.15) is 0 Å². The number of benzene rings is 2. The lowest BCUT2D eigenvalue weighted by Gasteiger charge is -2.19. The van der Waals surface area contributed by atoms with Crippen LogP contribution >= 0.6 is 0 Å². The first kappa shape index (κ1) is 14.1. The van der Waals surface area contributed by atoms with Crippen LogP contribution in [0.4, 0.5) is 5.69 Å². The second-order valence-electron chi connectivity index (χ2n) is 4.56. The summed E-state index contributed by atoms with van der Waals surface area (Å²) < 4.78 is 0. The number of carboxylic acids is 1. The Bertz CT molecular complexity index is 569. The van der Waals surface area contributed by atoms with Crippen molar-refractivity contribution in [3.8, 4) is 0 Å². The van der Waals surface area contributed by atoms with Crippen LogP contribution in [0.3, 0.4) is 0 Å². The first-order valence-corrected chi connectivity index (χ1v) is 6.44. The Labute approximate surface area is 117 Å². The van der Waals surface area contributed by atoms with Gasteiger partial charge in [0.1, 0.15) is 0 Å². The predicted molar refractivity (Wildman–Crippen MR) is 78.0 cm³/mol. The van der Waals surface area contributed by atoms with Crippen LogP contribution in [0.1, 0.15) is 15.9 Å². The van der Waals surface area contributed by atoms with Gasteiger partial charge in [-0.3, -0.25) is 0 Å². The highest BCUT2D eigenvalue weighted by Crippen LogP contribution is 2.17. The largest absolute Gasteiger partial charge is 0.478 e. The molecule has 0 fully saturated rings. The highest BCUT2D eigenvalue weighted by molar-refractivity contribution is 5.94. The lowest BCUT2D eigenvalue weighted by atomic mass is 10.1. The molecule has 0 radical (unpaired) electrons. The number of anilines is 1. The van der Waals surface area contributed by atoms with Crippen molar-refractivity contribution >= 4 is 11.7 Å². The third-order valence-electron chi connectivity index (χ3n) is 3.06. The molecule has 0 amide bonds. The summed E-state index contributed by atoms with van der Waals surface area (Å²) in [4.78, 5) is 11.1. The van der Waals surface area contributed by atoms with Crippen LogP contribution in [-0.2, 0) is 6.42 Å². The standard InChI is InChI=1S/C16H17NO3/c18-11-13(10-12-6-2-1-3-7-12)17-15-9-5-4-8-14(15)16(19)20/h1-9,13,17-18H,10-11H2,(H,19,20). The maximum atomic E-state index is 11.1. The maximum absolute atomic E-state index is 11.1. The molecule has 2 aromatic carbocycles. The molecule has 0 aromatic heterocycles. The number of hydrogen-bond donors (Lipinski definition) is 3. The molecular weight excluding hydrogens is 254 g/mol. The Hall–Kier alpha value is -2.33. The SMILES string of the molecule is O=C(O)c1ccccc1NC(CO)Cc1ccccc1. The highest BCUT2D eigenvalue weighted by atomic mass is 16.4. The smallest absolute Gasteiger partial charge is 0.337 e. The molecule has 4 heteroatoms. The van der Waals surface area contributed by atoms with Crippen molar-refractivity contribution in [3.63, 3.8) is 0 Å². The number of aromatic carboxylic acids is 1. The van der Waals surface area contributed by atoms with Gasteiger partial charge in [-0.1, -0.05) is 42.5 Å². The van der Waals surface area contributed by atoms with Crippen LogP contribution in [0.2, 0.25) is 0 Å². The number of carbonyl (C=O) groups is 1. The Balaban J connectivity index is 2.13. The molecule has 0 aliphatic carbocycles. The third kappa shape index (κ3) is 3.59. The molecule has 104 valence electrons. The number of aliphatic hydroxyl groups excluding tert-OH is 1. The topological polar surface area (TPSA) is 69.6 Å². The van der Waals surface area contributed by atoms with E-state index >= 15 is 0 Å². The molecule has 0 heterocycles. The van der Waals surface area contributed by atoms with Crippen LogP contribution in [0.15, 0.2) is 54.6 Å². The highest BCUT2D eigenvalue weighted by Gasteiger charge is 2.13. The number of rotatable bonds is 6. The number of aliphatic hydroxyl groups is 1. The fraction of sp³-hybridized carbons (Fsp3) is 0.188. The minimum Gasteiger partial charge on any atom is -0.478 e. The van der Waals surface area contributed by atoms with Crippen LogP contribution in [-0.4, -0.2) is 28.8 Å². The summed E-state index contributed by atoms with van der Waals surface area (Å²) in [5, 5.41) is 21.7. The minimum absolute atomic E-state index is 0.0666. The van der Waals surface area contributed by atoms with Crippen LogP contribution in [0.25, 0.3) is 0 Å². The van der Waals surface area contributed by atoms with Gasteiger partial charge in [-0.15, -0.1) is 0 Å². The van der Waals surface area contributed by atoms with Crippen LogP contribution in [0.5, 0.6) is 0 Å². The van der Waals surface area contributed by atoms with E-state index in [0.717, 1.165) is 5.56 Å². The van der Waals surface area contributed by atoms with E-state index in [2.05, 4.69) is 5.32 Å². The van der Waals surface area contributed by atoms with E-state index < -0.39 is 5.97 Å². The second-order valence-corrected chi connectivity index (χ2v) is 4.56. The molecule has 2 aromatic rings. The summed E-state index contributed by atoms with van der Waals surface area (Å²) in [6.45, 7) is -0.0666. The van der Waals surface area contributed by atoms with E-state index in [1.807, 2.05) is 30.3 Å². The van der Waals surface area contributed by atoms with Gasteiger partial charge < -0.3 is 15.5 Å². The molecule has 0 saturated heterocycles. The summed E-state index contributed by atoms with van der Waals surface area (Å²) >= 11 is 0. The summed E-state index contributed by atoms with van der Waals surface area (Å²) in [5.74, 6) is -0.982. The Morgan fingerprint density at radius 3 is 2.35 bits per heavy atom. The maximum Gasteiger partial charge on any atom is 0.337 e. The predicted octanol–water partition coefficient (Wildman–Crippen LogP) is 2.40. The summed E-state index contributed by atoms with van der Waals surface area (Å²) in [5.41, 5.74) is 1.82. The Morgan fingerprint density at radius 1 is 1.05 bits per heavy atom. The average molecular weight is 271 g/mol. The van der Waals surface area contributed by atoms with Crippen LogP contribution in [0, 0.1) is 0 Å². The molecule has 0 aliphatic rings. The molecule has 1 unspecified atom stereocenters. The van der Waals surface area contributed by atoms with Crippen molar-refractivity contribution in [2.24, 2.45) is 0 Å². The van der Waals surface area contributed by atoms with Gasteiger partial charge in [-0.05, 0) is 24.1 Å². The summed E-state index contributed by atoms with van der Waals surface area (Å²) in [7, 11) is 0. The quantitative estimate of drug-likeness (QED) is 0.754. The lowest BCUT2D eigenvalue weighted by molar-refractivity contribution is 0.0698. The zero-order valence-electron chi connectivity index (χ0n) is 11.0. The van der Waals surface area contributed by atoms with Crippen molar-refractivity contribution in [1.29, 1.82) is 0 Å². The first-order chi connectivity index (χ1) is 9.70. The molecule has 0 bridgehead atoms. The van der Waals surface area contributed by atoms with Gasteiger partial charge in [0.05, 0.1) is 18.2 Å². The molecule has 2 rings (SSSR count). The number of nitrogens with one attached hydrogen (secondary N) is 1. The molecule has 0 saturated carbocycles. The van der Waals surface area contributed by atoms with E-state index in [9.17, 15) is 9.90 Å². The fourth-order valence-electron chi connectivity index (χ4n) is 2.08. The number of para-hydroxylation sites is 1. The molecule has 1 atom stereocenters. The lowest BCUT2D eigenvalue weighted by Crippen LogP contribution is -2.27. The van der Waals surface area contributed by atoms with Crippen molar-refractivity contribution in [2.45, 2.75) is 12.5 Å². The number of carboxylic acid groups (broad SMARTS) is 1. The van der Waals surface area contributed by atoms with Gasteiger partial charge in [-0.25, -0.2) is 4.79 Å². The van der Waals surface area contributed by atoms with Gasteiger partial charge in [0, 0.05) is 5.69 Å². The van der Waals surface area contributed by atoms with Gasteiger partial charge in [0.15, 0.2) is 0 Å². The molecule has 4 nitrogen and oxygen atoms in total. The van der Waals surface area contributed by atoms with Crippen molar-refractivity contribution < 1.29 is 15.0 Å². The molecule has 3 N–H and O–H groups in total. The molecule has 20 heavy (non-hydrogen) atoms. The summed E-state index contributed by atoms with van der Waals surface area (Å²) in [6, 6.07) is 16.2. The molecule has 0 spiro atoms. The molecular formula is C16H17NO3. The van der Waals surface area contributed by atoms with Crippen molar-refractivity contribution in [2.75, 3.05) is 11.9 Å². The Morgan fingerprint density at radius 2 is 1.70 bits per heavy atom. The van der Waals surface area contributed by atoms with Gasteiger partial charge in [0.2, 0.25) is 0 Å². The fourth-order valence-corrected chi connectivity index (χ4v) is 2.08. The van der Waals surface area contributed by atoms with E-state index in [1.54, 1.807) is 24.3 Å². The zero-order chi connectivity index (χ0) is 14.4. The summed E-state index contributed by atoms with van der Waals surface area (Å²) in [6.07, 6.45) is 0.630. The normalized spacial score (nSPS) is 11.8. The van der Waals surface area contributed by atoms with E-state index in [1.165, 1.54) is 0 Å². The number of hydrogen-bond acceptors (Lipinski definition) is 3. The first-order valence-electron chi connectivity index (χ1n) is 6.44. The van der Waals surface area contributed by atoms with Crippen molar-refractivity contribution in [1.82, 2.24) is 0 Å². The van der Waals surface area contributed by atoms with Crippen molar-refractivity contribution in [3.05, 3.63) is 65.7 Å². The van der Waals surface area contributed by atoms with E-state index in [-0.39, 0.29) is 18.2 Å². The average Bonchev–Trinajstić information content (AvgIpc) is 2.48. The van der Waals surface area contributed by atoms with Crippen LogP contribution < -0.4 is 5.32 Å². The van der Waals surface area contributed by atoms with Gasteiger partial charge in [0.25, 0.3) is 0 Å². The molecule has 0 aliphatic heterocycles. The Kier molecular flexibility index (Phi) is 4.74. The zero-order valence-corrected chi connectivity index (χ0v) is 11.0. The van der Waals surface area contributed by atoms with E-state index in [0.29, 0.717) is 12.1 Å². The minimum atomic E-state index is -0.982. The second kappa shape index (κ2) is 6.73. The third-order valence-corrected chi connectivity index (χ3v) is 3.06. The van der Waals surface area contributed by atoms with Gasteiger partial charge >= 0.3 is 5.97 Å². The van der Waals surface area contributed by atoms with E-state index in [4.69, 9.17) is 5.11 Å². The monoisotopic (exact) mass is 271 g/mol.